The molecule has 0 heterocycles. The number of hydrogen-bond donors (Lipinski definition) is 0. The molecule has 1 aromatic carbocycles. The first kappa shape index (κ1) is 16.6. The average molecular weight is 278 g/mol. The molecule has 0 aliphatic rings. The van der Waals surface area contributed by atoms with Crippen LogP contribution in [-0.4, -0.2) is 27.4 Å². The third-order valence-electron chi connectivity index (χ3n) is 3.17. The fourth-order valence-electron chi connectivity index (χ4n) is 2.01. The van der Waals surface area contributed by atoms with Gasteiger partial charge in [-0.2, -0.15) is 0 Å². The average Bonchev–Trinajstić information content (AvgIpc) is 2.42. The minimum atomic E-state index is -0.0242. The number of ether oxygens (including phenoxy) is 3. The number of rotatable bonds is 6. The van der Waals surface area contributed by atoms with Gasteiger partial charge in [-0.3, -0.25) is 0 Å². The molecule has 3 nitrogen and oxygen atoms in total. The lowest BCUT2D eigenvalue weighted by atomic mass is 9.84. The van der Waals surface area contributed by atoms with E-state index in [4.69, 9.17) is 14.2 Å². The summed E-state index contributed by atoms with van der Waals surface area (Å²) in [6.07, 6.45) is 0. The number of hydrogen-bond acceptors (Lipinski definition) is 3. The van der Waals surface area contributed by atoms with Gasteiger partial charge in [-0.1, -0.05) is 32.9 Å². The molecule has 0 saturated heterocycles. The van der Waals surface area contributed by atoms with E-state index in [1.807, 2.05) is 31.2 Å². The Morgan fingerprint density at radius 2 is 1.85 bits per heavy atom. The van der Waals surface area contributed by atoms with Gasteiger partial charge in [0.05, 0.1) is 20.8 Å². The molecule has 0 amide bonds. The highest BCUT2D eigenvalue weighted by Gasteiger charge is 2.23. The van der Waals surface area contributed by atoms with E-state index in [2.05, 4.69) is 20.8 Å². The molecule has 0 saturated carbocycles. The second-order valence-electron chi connectivity index (χ2n) is 5.63. The smallest absolute Gasteiger partial charge is 0.128 e. The number of benzene rings is 1. The fourth-order valence-corrected chi connectivity index (χ4v) is 2.01. The van der Waals surface area contributed by atoms with Gasteiger partial charge < -0.3 is 14.2 Å². The van der Waals surface area contributed by atoms with Crippen molar-refractivity contribution in [3.05, 3.63) is 35.4 Å². The molecule has 1 aromatic rings. The highest BCUT2D eigenvalue weighted by atomic mass is 16.5. The van der Waals surface area contributed by atoms with Gasteiger partial charge in [0, 0.05) is 17.7 Å². The topological polar surface area (TPSA) is 27.7 Å². The van der Waals surface area contributed by atoms with E-state index in [1.54, 1.807) is 14.2 Å². The maximum absolute atomic E-state index is 5.67. The molecule has 0 radical (unpaired) electrons. The molecule has 0 atom stereocenters. The van der Waals surface area contributed by atoms with Crippen molar-refractivity contribution in [1.29, 1.82) is 0 Å². The summed E-state index contributed by atoms with van der Waals surface area (Å²) in [4.78, 5) is 0. The predicted molar refractivity (Wildman–Crippen MR) is 82.9 cm³/mol. The van der Waals surface area contributed by atoms with Gasteiger partial charge in [0.15, 0.2) is 0 Å². The Kier molecular flexibility index (Phi) is 6.08. The molecule has 0 aromatic heterocycles. The van der Waals surface area contributed by atoms with Crippen molar-refractivity contribution in [1.82, 2.24) is 0 Å². The van der Waals surface area contributed by atoms with Gasteiger partial charge >= 0.3 is 0 Å². The van der Waals surface area contributed by atoms with Crippen molar-refractivity contribution < 1.29 is 14.2 Å². The maximum atomic E-state index is 5.67. The highest BCUT2D eigenvalue weighted by molar-refractivity contribution is 5.65. The third-order valence-corrected chi connectivity index (χ3v) is 3.17. The molecule has 20 heavy (non-hydrogen) atoms. The van der Waals surface area contributed by atoms with Gasteiger partial charge in [0.1, 0.15) is 11.5 Å². The van der Waals surface area contributed by atoms with Crippen LogP contribution in [0.3, 0.4) is 0 Å². The Hall–Kier alpha value is -1.48. The Morgan fingerprint density at radius 3 is 2.35 bits per heavy atom. The van der Waals surface area contributed by atoms with Crippen LogP contribution >= 0.6 is 0 Å². The van der Waals surface area contributed by atoms with Gasteiger partial charge in [0.25, 0.3) is 0 Å². The van der Waals surface area contributed by atoms with Gasteiger partial charge in [-0.15, -0.1) is 0 Å². The van der Waals surface area contributed by atoms with Crippen molar-refractivity contribution in [3.8, 4) is 5.75 Å². The zero-order chi connectivity index (χ0) is 15.2. The van der Waals surface area contributed by atoms with Crippen molar-refractivity contribution in [2.45, 2.75) is 27.7 Å². The third kappa shape index (κ3) is 4.27. The summed E-state index contributed by atoms with van der Waals surface area (Å²) in [5, 5.41) is 0. The summed E-state index contributed by atoms with van der Waals surface area (Å²) >= 11 is 0. The molecule has 0 unspecified atom stereocenters. The SMILES string of the molecule is CCOC/C(=C(/OC)c1cccc(OC)c1)C(C)(C)C. The summed E-state index contributed by atoms with van der Waals surface area (Å²) in [5.74, 6) is 1.69. The maximum Gasteiger partial charge on any atom is 0.128 e. The van der Waals surface area contributed by atoms with Crippen LogP contribution in [0.25, 0.3) is 5.76 Å². The minimum absolute atomic E-state index is 0.0242. The van der Waals surface area contributed by atoms with Crippen LogP contribution in [0, 0.1) is 5.41 Å². The van der Waals surface area contributed by atoms with Crippen LogP contribution in [0.2, 0.25) is 0 Å². The summed E-state index contributed by atoms with van der Waals surface area (Å²) in [6, 6.07) is 7.90. The quantitative estimate of drug-likeness (QED) is 0.732. The van der Waals surface area contributed by atoms with Crippen LogP contribution < -0.4 is 4.74 Å². The Labute approximate surface area is 122 Å². The first-order valence-corrected chi connectivity index (χ1v) is 6.93. The summed E-state index contributed by atoms with van der Waals surface area (Å²) in [7, 11) is 3.37. The molecule has 1 rings (SSSR count). The molecule has 0 N–H and O–H groups in total. The van der Waals surface area contributed by atoms with Crippen LogP contribution in [0.5, 0.6) is 5.75 Å². The Bertz CT molecular complexity index is 456. The highest BCUT2D eigenvalue weighted by Crippen LogP contribution is 2.34. The first-order chi connectivity index (χ1) is 9.43. The van der Waals surface area contributed by atoms with Crippen molar-refractivity contribution in [2.24, 2.45) is 5.41 Å². The van der Waals surface area contributed by atoms with Crippen LogP contribution in [0.15, 0.2) is 29.8 Å². The van der Waals surface area contributed by atoms with E-state index < -0.39 is 0 Å². The molecular weight excluding hydrogens is 252 g/mol. The van der Waals surface area contributed by atoms with Gasteiger partial charge in [0.2, 0.25) is 0 Å². The summed E-state index contributed by atoms with van der Waals surface area (Å²) in [6.45, 7) is 9.76. The Morgan fingerprint density at radius 1 is 1.15 bits per heavy atom. The molecule has 112 valence electrons. The molecule has 0 spiro atoms. The van der Waals surface area contributed by atoms with E-state index in [0.717, 1.165) is 22.6 Å². The van der Waals surface area contributed by atoms with Crippen molar-refractivity contribution in [2.75, 3.05) is 27.4 Å². The zero-order valence-corrected chi connectivity index (χ0v) is 13.4. The molecule has 0 bridgehead atoms. The lowest BCUT2D eigenvalue weighted by molar-refractivity contribution is 0.155. The first-order valence-electron chi connectivity index (χ1n) is 6.93. The van der Waals surface area contributed by atoms with E-state index in [1.165, 1.54) is 0 Å². The monoisotopic (exact) mass is 278 g/mol. The van der Waals surface area contributed by atoms with Crippen LogP contribution in [-0.2, 0) is 9.47 Å². The van der Waals surface area contributed by atoms with Crippen molar-refractivity contribution >= 4 is 5.76 Å². The van der Waals surface area contributed by atoms with Crippen LogP contribution in [0.4, 0.5) is 0 Å². The lowest BCUT2D eigenvalue weighted by Crippen LogP contribution is -2.17. The van der Waals surface area contributed by atoms with Crippen molar-refractivity contribution in [3.63, 3.8) is 0 Å². The minimum Gasteiger partial charge on any atom is -0.497 e. The molecule has 3 heteroatoms. The normalized spacial score (nSPS) is 12.9. The van der Waals surface area contributed by atoms with Crippen LogP contribution in [0.1, 0.15) is 33.3 Å². The molecule has 0 aliphatic carbocycles. The Balaban J connectivity index is 3.30. The largest absolute Gasteiger partial charge is 0.497 e. The standard InChI is InChI=1S/C17H26O3/c1-7-20-12-15(17(2,3)4)16(19-6)13-9-8-10-14(11-13)18-5/h8-11H,7,12H2,1-6H3/b16-15-. The summed E-state index contributed by atoms with van der Waals surface area (Å²) in [5.41, 5.74) is 2.13. The van der Waals surface area contributed by atoms with E-state index in [-0.39, 0.29) is 5.41 Å². The van der Waals surface area contributed by atoms with E-state index >= 15 is 0 Å². The summed E-state index contributed by atoms with van der Waals surface area (Å²) < 4.78 is 16.6. The lowest BCUT2D eigenvalue weighted by Gasteiger charge is -2.26. The van der Waals surface area contributed by atoms with Gasteiger partial charge in [-0.05, 0) is 24.5 Å². The molecule has 0 aliphatic heterocycles. The van der Waals surface area contributed by atoms with E-state index in [9.17, 15) is 0 Å². The predicted octanol–water partition coefficient (Wildman–Crippen LogP) is 4.14. The molecule has 0 fully saturated rings. The second-order valence-corrected chi connectivity index (χ2v) is 5.63. The fraction of sp³-hybridized carbons (Fsp3) is 0.529. The number of methoxy groups -OCH3 is 2. The zero-order valence-electron chi connectivity index (χ0n) is 13.4. The molecular formula is C17H26O3. The van der Waals surface area contributed by atoms with E-state index in [0.29, 0.717) is 13.2 Å². The second kappa shape index (κ2) is 7.34. The van der Waals surface area contributed by atoms with Gasteiger partial charge in [-0.25, -0.2) is 0 Å².